The standard InChI is InChI=1S/C15H18N6/c1-10(2)12-8-13(19-15(18-12)20(3)4)11-9-17-21-14(11)6-5-7-16-21/h5-10H,1-4H3. The lowest BCUT2D eigenvalue weighted by Gasteiger charge is -2.14. The topological polar surface area (TPSA) is 59.2 Å². The molecule has 0 fully saturated rings. The molecular formula is C15H18N6. The van der Waals surface area contributed by atoms with E-state index in [1.807, 2.05) is 37.2 Å². The van der Waals surface area contributed by atoms with Crippen LogP contribution in [0.25, 0.3) is 16.8 Å². The van der Waals surface area contributed by atoms with Gasteiger partial charge in [-0.3, -0.25) is 0 Å². The number of hydrogen-bond acceptors (Lipinski definition) is 5. The van der Waals surface area contributed by atoms with Crippen LogP contribution in [-0.4, -0.2) is 38.9 Å². The van der Waals surface area contributed by atoms with Gasteiger partial charge in [-0.2, -0.15) is 14.8 Å². The van der Waals surface area contributed by atoms with Crippen LogP contribution in [-0.2, 0) is 0 Å². The van der Waals surface area contributed by atoms with Gasteiger partial charge in [0, 0.05) is 31.5 Å². The maximum Gasteiger partial charge on any atom is 0.225 e. The Balaban J connectivity index is 2.21. The van der Waals surface area contributed by atoms with E-state index in [0.717, 1.165) is 22.5 Å². The lowest BCUT2D eigenvalue weighted by atomic mass is 10.1. The molecule has 0 aliphatic rings. The van der Waals surface area contributed by atoms with Gasteiger partial charge in [0.15, 0.2) is 0 Å². The van der Waals surface area contributed by atoms with Gasteiger partial charge in [-0.15, -0.1) is 0 Å². The van der Waals surface area contributed by atoms with Crippen molar-refractivity contribution in [3.8, 4) is 11.3 Å². The molecule has 0 unspecified atom stereocenters. The molecule has 3 heterocycles. The number of fused-ring (bicyclic) bond motifs is 1. The SMILES string of the molecule is CC(C)c1cc(-c2cnn3ncccc23)nc(N(C)C)n1. The molecule has 0 N–H and O–H groups in total. The molecule has 0 radical (unpaired) electrons. The van der Waals surface area contributed by atoms with E-state index >= 15 is 0 Å². The number of nitrogens with zero attached hydrogens (tertiary/aromatic N) is 6. The Morgan fingerprint density at radius 2 is 1.95 bits per heavy atom. The van der Waals surface area contributed by atoms with Gasteiger partial charge in [-0.05, 0) is 24.1 Å². The van der Waals surface area contributed by atoms with Crippen molar-refractivity contribution in [3.63, 3.8) is 0 Å². The van der Waals surface area contributed by atoms with Crippen LogP contribution in [0.4, 0.5) is 5.95 Å². The van der Waals surface area contributed by atoms with Crippen molar-refractivity contribution in [2.45, 2.75) is 19.8 Å². The summed E-state index contributed by atoms with van der Waals surface area (Å²) in [5.41, 5.74) is 3.80. The molecule has 3 aromatic heterocycles. The van der Waals surface area contributed by atoms with E-state index in [1.165, 1.54) is 0 Å². The summed E-state index contributed by atoms with van der Waals surface area (Å²) in [4.78, 5) is 11.2. The van der Waals surface area contributed by atoms with Crippen LogP contribution >= 0.6 is 0 Å². The zero-order valence-corrected chi connectivity index (χ0v) is 12.6. The largest absolute Gasteiger partial charge is 0.347 e. The highest BCUT2D eigenvalue weighted by Crippen LogP contribution is 2.26. The van der Waals surface area contributed by atoms with Gasteiger partial charge in [-0.25, -0.2) is 9.97 Å². The predicted octanol–water partition coefficient (Wildman–Crippen LogP) is 2.38. The van der Waals surface area contributed by atoms with Gasteiger partial charge in [0.05, 0.1) is 17.4 Å². The number of rotatable bonds is 3. The van der Waals surface area contributed by atoms with Crippen LogP contribution in [0.1, 0.15) is 25.5 Å². The molecule has 0 saturated carbocycles. The van der Waals surface area contributed by atoms with Crippen LogP contribution in [0, 0.1) is 0 Å². The van der Waals surface area contributed by atoms with Crippen LogP contribution < -0.4 is 4.90 Å². The minimum absolute atomic E-state index is 0.338. The average molecular weight is 282 g/mol. The summed E-state index contributed by atoms with van der Waals surface area (Å²) in [5.74, 6) is 1.05. The third-order valence-corrected chi connectivity index (χ3v) is 3.31. The number of anilines is 1. The van der Waals surface area contributed by atoms with Crippen molar-refractivity contribution in [2.75, 3.05) is 19.0 Å². The van der Waals surface area contributed by atoms with Gasteiger partial charge in [-0.1, -0.05) is 13.8 Å². The molecular weight excluding hydrogens is 264 g/mol. The normalized spacial score (nSPS) is 11.3. The van der Waals surface area contributed by atoms with E-state index < -0.39 is 0 Å². The molecule has 108 valence electrons. The Hall–Kier alpha value is -2.50. The van der Waals surface area contributed by atoms with Crippen molar-refractivity contribution in [1.29, 1.82) is 0 Å². The lowest BCUT2D eigenvalue weighted by molar-refractivity contribution is 0.800. The molecule has 3 aromatic rings. The van der Waals surface area contributed by atoms with Gasteiger partial charge < -0.3 is 4.90 Å². The fraction of sp³-hybridized carbons (Fsp3) is 0.333. The van der Waals surface area contributed by atoms with E-state index in [4.69, 9.17) is 0 Å². The maximum absolute atomic E-state index is 4.64. The smallest absolute Gasteiger partial charge is 0.225 e. The van der Waals surface area contributed by atoms with E-state index in [2.05, 4.69) is 34.0 Å². The molecule has 0 spiro atoms. The lowest BCUT2D eigenvalue weighted by Crippen LogP contribution is -2.14. The first-order valence-electron chi connectivity index (χ1n) is 6.92. The Labute approximate surface area is 123 Å². The molecule has 0 aliphatic carbocycles. The molecule has 3 rings (SSSR count). The predicted molar refractivity (Wildman–Crippen MR) is 82.4 cm³/mol. The van der Waals surface area contributed by atoms with Crippen molar-refractivity contribution in [1.82, 2.24) is 24.8 Å². The minimum Gasteiger partial charge on any atom is -0.347 e. The number of aromatic nitrogens is 5. The van der Waals surface area contributed by atoms with E-state index in [1.54, 1.807) is 17.0 Å². The van der Waals surface area contributed by atoms with Crippen LogP contribution in [0.2, 0.25) is 0 Å². The van der Waals surface area contributed by atoms with Crippen LogP contribution in [0.3, 0.4) is 0 Å². The summed E-state index contributed by atoms with van der Waals surface area (Å²) < 4.78 is 1.61. The quantitative estimate of drug-likeness (QED) is 0.738. The summed E-state index contributed by atoms with van der Waals surface area (Å²) in [6, 6.07) is 5.92. The third kappa shape index (κ3) is 2.44. The Morgan fingerprint density at radius 1 is 1.14 bits per heavy atom. The minimum atomic E-state index is 0.338. The Bertz CT molecular complexity index is 748. The number of hydrogen-bond donors (Lipinski definition) is 0. The second kappa shape index (κ2) is 5.12. The highest BCUT2D eigenvalue weighted by molar-refractivity contribution is 5.77. The fourth-order valence-corrected chi connectivity index (χ4v) is 2.12. The second-order valence-corrected chi connectivity index (χ2v) is 5.48. The first-order chi connectivity index (χ1) is 10.1. The first kappa shape index (κ1) is 13.5. The monoisotopic (exact) mass is 282 g/mol. The van der Waals surface area contributed by atoms with Gasteiger partial charge >= 0.3 is 0 Å². The summed E-state index contributed by atoms with van der Waals surface area (Å²) in [6.45, 7) is 4.26. The fourth-order valence-electron chi connectivity index (χ4n) is 2.12. The highest BCUT2D eigenvalue weighted by Gasteiger charge is 2.14. The molecule has 0 saturated heterocycles. The second-order valence-electron chi connectivity index (χ2n) is 5.48. The van der Waals surface area contributed by atoms with Crippen molar-refractivity contribution in [2.24, 2.45) is 0 Å². The van der Waals surface area contributed by atoms with E-state index in [-0.39, 0.29) is 0 Å². The zero-order chi connectivity index (χ0) is 15.0. The van der Waals surface area contributed by atoms with Gasteiger partial charge in [0.2, 0.25) is 5.95 Å². The van der Waals surface area contributed by atoms with Gasteiger partial charge in [0.25, 0.3) is 0 Å². The molecule has 0 atom stereocenters. The molecule has 6 nitrogen and oxygen atoms in total. The summed E-state index contributed by atoms with van der Waals surface area (Å²) in [7, 11) is 3.89. The molecule has 0 bridgehead atoms. The summed E-state index contributed by atoms with van der Waals surface area (Å²) in [5, 5.41) is 8.47. The third-order valence-electron chi connectivity index (χ3n) is 3.31. The highest BCUT2D eigenvalue weighted by atomic mass is 15.4. The molecule has 21 heavy (non-hydrogen) atoms. The molecule has 0 aliphatic heterocycles. The molecule has 0 amide bonds. The molecule has 0 aromatic carbocycles. The Kier molecular flexibility index (Phi) is 3.29. The van der Waals surface area contributed by atoms with Gasteiger partial charge in [0.1, 0.15) is 0 Å². The van der Waals surface area contributed by atoms with E-state index in [9.17, 15) is 0 Å². The first-order valence-corrected chi connectivity index (χ1v) is 6.92. The Morgan fingerprint density at radius 3 is 2.67 bits per heavy atom. The van der Waals surface area contributed by atoms with Crippen molar-refractivity contribution < 1.29 is 0 Å². The maximum atomic E-state index is 4.64. The average Bonchev–Trinajstić information content (AvgIpc) is 2.90. The summed E-state index contributed by atoms with van der Waals surface area (Å²) >= 11 is 0. The van der Waals surface area contributed by atoms with Crippen LogP contribution in [0.15, 0.2) is 30.6 Å². The van der Waals surface area contributed by atoms with Crippen molar-refractivity contribution >= 4 is 11.5 Å². The summed E-state index contributed by atoms with van der Waals surface area (Å²) in [6.07, 6.45) is 3.52. The van der Waals surface area contributed by atoms with E-state index in [0.29, 0.717) is 11.9 Å². The molecule has 6 heteroatoms. The van der Waals surface area contributed by atoms with Crippen LogP contribution in [0.5, 0.6) is 0 Å². The zero-order valence-electron chi connectivity index (χ0n) is 12.6. The van der Waals surface area contributed by atoms with Crippen molar-refractivity contribution in [3.05, 3.63) is 36.3 Å².